The van der Waals surface area contributed by atoms with Crippen molar-refractivity contribution in [2.45, 2.75) is 6.92 Å². The lowest BCUT2D eigenvalue weighted by Crippen LogP contribution is -2.17. The van der Waals surface area contributed by atoms with E-state index in [1.165, 1.54) is 0 Å². The van der Waals surface area contributed by atoms with Crippen LogP contribution in [0.2, 0.25) is 0 Å². The van der Waals surface area contributed by atoms with E-state index in [2.05, 4.69) is 10.3 Å². The molecule has 0 aliphatic rings. The Kier molecular flexibility index (Phi) is 6.08. The van der Waals surface area contributed by atoms with Crippen molar-refractivity contribution in [3.8, 4) is 28.3 Å². The summed E-state index contributed by atoms with van der Waals surface area (Å²) in [4.78, 5) is 21.2. The fourth-order valence-electron chi connectivity index (χ4n) is 3.39. The molecule has 0 unspecified atom stereocenters. The van der Waals surface area contributed by atoms with Crippen LogP contribution in [0, 0.1) is 0 Å². The molecule has 0 radical (unpaired) electrons. The molecule has 0 aliphatic carbocycles. The number of anilines is 1. The van der Waals surface area contributed by atoms with E-state index in [-0.39, 0.29) is 12.5 Å². The van der Waals surface area contributed by atoms with E-state index in [1.807, 2.05) is 72.8 Å². The molecule has 0 bridgehead atoms. The number of esters is 1. The minimum atomic E-state index is -0.326. The fraction of sp³-hybridized carbons (Fsp3) is 0.160. The lowest BCUT2D eigenvalue weighted by atomic mass is 10.0. The van der Waals surface area contributed by atoms with Crippen LogP contribution in [-0.2, 0) is 9.53 Å². The maximum Gasteiger partial charge on any atom is 0.325 e. The van der Waals surface area contributed by atoms with Crippen molar-refractivity contribution in [1.29, 1.82) is 0 Å². The Morgan fingerprint density at radius 2 is 1.61 bits per heavy atom. The van der Waals surface area contributed by atoms with Gasteiger partial charge in [0.05, 0.1) is 19.2 Å². The number of aromatic nitrogens is 2. The van der Waals surface area contributed by atoms with E-state index >= 15 is 0 Å². The average molecular weight is 413 g/mol. The number of nitrogens with zero attached hydrogens (tertiary/aromatic N) is 2. The quantitative estimate of drug-likeness (QED) is 0.432. The molecule has 1 heterocycles. The summed E-state index contributed by atoms with van der Waals surface area (Å²) in [7, 11) is 1.67. The number of ether oxygens (including phenoxy) is 2. The summed E-state index contributed by atoms with van der Waals surface area (Å²) in [6.45, 7) is 2.17. The van der Waals surface area contributed by atoms with Gasteiger partial charge in [-0.2, -0.15) is 0 Å². The standard InChI is InChI=1S/C25H23N3O3/c1-3-31-23(29)16-26-25-20-9-4-6-10-21(20)27-24(28-25)18-14-12-17(13-15-18)19-8-5-7-11-22(19)30-2/h4-15H,3,16H2,1-2H3,(H,26,27,28). The highest BCUT2D eigenvalue weighted by Gasteiger charge is 2.12. The average Bonchev–Trinajstić information content (AvgIpc) is 2.82. The Hall–Kier alpha value is -3.93. The van der Waals surface area contributed by atoms with E-state index in [1.54, 1.807) is 14.0 Å². The Morgan fingerprint density at radius 3 is 2.39 bits per heavy atom. The van der Waals surface area contributed by atoms with Crippen LogP contribution in [0.3, 0.4) is 0 Å². The summed E-state index contributed by atoms with van der Waals surface area (Å²) in [5.41, 5.74) is 3.74. The van der Waals surface area contributed by atoms with Gasteiger partial charge in [-0.15, -0.1) is 0 Å². The van der Waals surface area contributed by atoms with E-state index in [4.69, 9.17) is 14.5 Å². The van der Waals surface area contributed by atoms with Crippen LogP contribution in [0.4, 0.5) is 5.82 Å². The minimum Gasteiger partial charge on any atom is -0.496 e. The molecule has 0 saturated heterocycles. The van der Waals surface area contributed by atoms with Crippen LogP contribution in [-0.4, -0.2) is 36.2 Å². The molecule has 0 aliphatic heterocycles. The van der Waals surface area contributed by atoms with Crippen LogP contribution < -0.4 is 10.1 Å². The second-order valence-electron chi connectivity index (χ2n) is 6.85. The molecule has 31 heavy (non-hydrogen) atoms. The second-order valence-corrected chi connectivity index (χ2v) is 6.85. The zero-order chi connectivity index (χ0) is 21.6. The van der Waals surface area contributed by atoms with Crippen molar-refractivity contribution in [3.05, 3.63) is 72.8 Å². The summed E-state index contributed by atoms with van der Waals surface area (Å²) in [6, 6.07) is 23.6. The molecular weight excluding hydrogens is 390 g/mol. The number of nitrogens with one attached hydrogen (secondary N) is 1. The normalized spacial score (nSPS) is 10.6. The van der Waals surface area contributed by atoms with Crippen LogP contribution >= 0.6 is 0 Å². The van der Waals surface area contributed by atoms with Crippen LogP contribution in [0.5, 0.6) is 5.75 Å². The van der Waals surface area contributed by atoms with Crippen LogP contribution in [0.1, 0.15) is 6.92 Å². The SMILES string of the molecule is CCOC(=O)CNc1nc(-c2ccc(-c3ccccc3OC)cc2)nc2ccccc12. The molecule has 3 aromatic carbocycles. The summed E-state index contributed by atoms with van der Waals surface area (Å²) in [5, 5.41) is 3.94. The molecule has 0 atom stereocenters. The lowest BCUT2D eigenvalue weighted by Gasteiger charge is -2.12. The first kappa shape index (κ1) is 20.3. The third kappa shape index (κ3) is 4.48. The van der Waals surface area contributed by atoms with Crippen LogP contribution in [0.15, 0.2) is 72.8 Å². The molecule has 0 amide bonds. The number of carbonyl (C=O) groups excluding carboxylic acids is 1. The molecule has 1 N–H and O–H groups in total. The predicted octanol–water partition coefficient (Wildman–Crippen LogP) is 4.95. The molecule has 1 aromatic heterocycles. The van der Waals surface area contributed by atoms with Gasteiger partial charge in [-0.25, -0.2) is 9.97 Å². The molecule has 4 aromatic rings. The second kappa shape index (κ2) is 9.26. The Morgan fingerprint density at radius 1 is 0.903 bits per heavy atom. The maximum atomic E-state index is 11.8. The molecule has 0 spiro atoms. The van der Waals surface area contributed by atoms with Gasteiger partial charge in [0.25, 0.3) is 0 Å². The third-order valence-electron chi connectivity index (χ3n) is 4.87. The zero-order valence-electron chi connectivity index (χ0n) is 17.5. The number of methoxy groups -OCH3 is 1. The van der Waals surface area contributed by atoms with Crippen molar-refractivity contribution in [2.75, 3.05) is 25.6 Å². The Balaban J connectivity index is 1.68. The van der Waals surface area contributed by atoms with Crippen molar-refractivity contribution >= 4 is 22.7 Å². The first-order chi connectivity index (χ1) is 15.2. The lowest BCUT2D eigenvalue weighted by molar-refractivity contribution is -0.140. The fourth-order valence-corrected chi connectivity index (χ4v) is 3.39. The molecule has 0 saturated carbocycles. The highest BCUT2D eigenvalue weighted by atomic mass is 16.5. The molecule has 156 valence electrons. The summed E-state index contributed by atoms with van der Waals surface area (Å²) < 4.78 is 10.5. The smallest absolute Gasteiger partial charge is 0.325 e. The Bertz CT molecular complexity index is 1210. The summed E-state index contributed by atoms with van der Waals surface area (Å²) >= 11 is 0. The molecular formula is C25H23N3O3. The topological polar surface area (TPSA) is 73.3 Å². The zero-order valence-corrected chi connectivity index (χ0v) is 17.5. The molecule has 6 heteroatoms. The number of rotatable bonds is 7. The van der Waals surface area contributed by atoms with E-state index in [0.29, 0.717) is 18.2 Å². The number of fused-ring (bicyclic) bond motifs is 1. The maximum absolute atomic E-state index is 11.8. The van der Waals surface area contributed by atoms with Gasteiger partial charge in [-0.05, 0) is 30.7 Å². The van der Waals surface area contributed by atoms with Gasteiger partial charge in [-0.1, -0.05) is 54.6 Å². The van der Waals surface area contributed by atoms with E-state index in [0.717, 1.165) is 33.3 Å². The number of para-hydroxylation sites is 2. The number of benzene rings is 3. The van der Waals surface area contributed by atoms with E-state index < -0.39 is 0 Å². The van der Waals surface area contributed by atoms with Gasteiger partial charge in [0.1, 0.15) is 18.1 Å². The number of hydrogen-bond donors (Lipinski definition) is 1. The van der Waals surface area contributed by atoms with Crippen molar-refractivity contribution in [3.63, 3.8) is 0 Å². The minimum absolute atomic E-state index is 0.0427. The Labute approximate surface area is 180 Å². The molecule has 6 nitrogen and oxygen atoms in total. The monoisotopic (exact) mass is 413 g/mol. The van der Waals surface area contributed by atoms with Crippen molar-refractivity contribution < 1.29 is 14.3 Å². The largest absolute Gasteiger partial charge is 0.496 e. The van der Waals surface area contributed by atoms with Gasteiger partial charge in [0, 0.05) is 16.5 Å². The number of carbonyl (C=O) groups is 1. The van der Waals surface area contributed by atoms with Crippen molar-refractivity contribution in [1.82, 2.24) is 9.97 Å². The summed E-state index contributed by atoms with van der Waals surface area (Å²) in [5.74, 6) is 1.68. The first-order valence-electron chi connectivity index (χ1n) is 10.1. The van der Waals surface area contributed by atoms with Gasteiger partial charge >= 0.3 is 5.97 Å². The van der Waals surface area contributed by atoms with Crippen molar-refractivity contribution in [2.24, 2.45) is 0 Å². The van der Waals surface area contributed by atoms with E-state index in [9.17, 15) is 4.79 Å². The van der Waals surface area contributed by atoms with Gasteiger partial charge in [0.15, 0.2) is 5.82 Å². The van der Waals surface area contributed by atoms with Gasteiger partial charge in [-0.3, -0.25) is 4.79 Å². The highest BCUT2D eigenvalue weighted by Crippen LogP contribution is 2.31. The highest BCUT2D eigenvalue weighted by molar-refractivity contribution is 5.91. The van der Waals surface area contributed by atoms with Crippen LogP contribution in [0.25, 0.3) is 33.4 Å². The molecule has 4 rings (SSSR count). The summed E-state index contributed by atoms with van der Waals surface area (Å²) in [6.07, 6.45) is 0. The third-order valence-corrected chi connectivity index (χ3v) is 4.87. The number of hydrogen-bond acceptors (Lipinski definition) is 6. The van der Waals surface area contributed by atoms with Gasteiger partial charge < -0.3 is 14.8 Å². The van der Waals surface area contributed by atoms with Gasteiger partial charge in [0.2, 0.25) is 0 Å². The predicted molar refractivity (Wildman–Crippen MR) is 122 cm³/mol. The molecule has 0 fully saturated rings. The first-order valence-corrected chi connectivity index (χ1v) is 10.1.